The van der Waals surface area contributed by atoms with Crippen molar-refractivity contribution in [1.82, 2.24) is 0 Å². The molecular formula is C14H16FN. The van der Waals surface area contributed by atoms with E-state index in [-0.39, 0.29) is 11.2 Å². The minimum Gasteiger partial charge on any atom is -0.207 e. The van der Waals surface area contributed by atoms with Gasteiger partial charge in [-0.25, -0.2) is 4.39 Å². The fraction of sp³-hybridized carbons (Fsp3) is 0.500. The van der Waals surface area contributed by atoms with Crippen molar-refractivity contribution in [3.63, 3.8) is 0 Å². The van der Waals surface area contributed by atoms with Gasteiger partial charge < -0.3 is 0 Å². The first-order valence-electron chi connectivity index (χ1n) is 5.61. The molecule has 0 unspecified atom stereocenters. The second-order valence-corrected chi connectivity index (χ2v) is 5.64. The molecule has 0 radical (unpaired) electrons. The summed E-state index contributed by atoms with van der Waals surface area (Å²) in [6, 6.07) is 7.55. The maximum absolute atomic E-state index is 13.9. The van der Waals surface area contributed by atoms with Gasteiger partial charge >= 0.3 is 0 Å². The third kappa shape index (κ3) is 1.71. The van der Waals surface area contributed by atoms with Crippen molar-refractivity contribution in [1.29, 1.82) is 5.26 Å². The molecule has 0 heterocycles. The third-order valence-corrected chi connectivity index (χ3v) is 3.29. The summed E-state index contributed by atoms with van der Waals surface area (Å²) in [4.78, 5) is 0. The van der Waals surface area contributed by atoms with Crippen LogP contribution in [0.4, 0.5) is 4.39 Å². The van der Waals surface area contributed by atoms with Crippen molar-refractivity contribution < 1.29 is 4.39 Å². The quantitative estimate of drug-likeness (QED) is 0.704. The average molecular weight is 217 g/mol. The second kappa shape index (κ2) is 3.31. The van der Waals surface area contributed by atoms with Crippen LogP contribution in [0, 0.1) is 17.1 Å². The molecule has 1 nitrogen and oxygen atoms in total. The summed E-state index contributed by atoms with van der Waals surface area (Å²) in [6.07, 6.45) is 1.72. The molecule has 0 atom stereocenters. The van der Waals surface area contributed by atoms with Crippen LogP contribution in [0.2, 0.25) is 0 Å². The fourth-order valence-electron chi connectivity index (χ4n) is 2.01. The van der Waals surface area contributed by atoms with Gasteiger partial charge in [-0.3, -0.25) is 0 Å². The lowest BCUT2D eigenvalue weighted by atomic mass is 9.84. The number of nitriles is 1. The van der Waals surface area contributed by atoms with Gasteiger partial charge in [0.1, 0.15) is 5.82 Å². The van der Waals surface area contributed by atoms with Crippen LogP contribution in [-0.2, 0) is 10.8 Å². The molecule has 0 aromatic heterocycles. The maximum Gasteiger partial charge on any atom is 0.127 e. The Bertz CT molecular complexity index is 459. The molecule has 0 bridgehead atoms. The van der Waals surface area contributed by atoms with Crippen LogP contribution in [-0.4, -0.2) is 0 Å². The van der Waals surface area contributed by atoms with E-state index in [4.69, 9.17) is 5.26 Å². The van der Waals surface area contributed by atoms with E-state index >= 15 is 0 Å². The van der Waals surface area contributed by atoms with Crippen molar-refractivity contribution in [3.8, 4) is 6.07 Å². The van der Waals surface area contributed by atoms with Gasteiger partial charge in [-0.1, -0.05) is 32.9 Å². The summed E-state index contributed by atoms with van der Waals surface area (Å²) in [6.45, 7) is 5.97. The summed E-state index contributed by atoms with van der Waals surface area (Å²) in [7, 11) is 0. The summed E-state index contributed by atoms with van der Waals surface area (Å²) >= 11 is 0. The van der Waals surface area contributed by atoms with E-state index in [1.807, 2.05) is 32.9 Å². The van der Waals surface area contributed by atoms with Crippen LogP contribution in [0.15, 0.2) is 18.2 Å². The molecule has 0 saturated heterocycles. The molecule has 1 aromatic rings. The second-order valence-electron chi connectivity index (χ2n) is 5.64. The third-order valence-electron chi connectivity index (χ3n) is 3.29. The number of nitrogens with zero attached hydrogens (tertiary/aromatic N) is 1. The Hall–Kier alpha value is -1.36. The van der Waals surface area contributed by atoms with Gasteiger partial charge in [0.2, 0.25) is 0 Å². The fourth-order valence-corrected chi connectivity index (χ4v) is 2.01. The highest BCUT2D eigenvalue weighted by atomic mass is 19.1. The van der Waals surface area contributed by atoms with Crippen LogP contribution in [0.5, 0.6) is 0 Å². The summed E-state index contributed by atoms with van der Waals surface area (Å²) in [5.41, 5.74) is 0.967. The normalized spacial score (nSPS) is 17.9. The molecule has 0 amide bonds. The molecule has 0 N–H and O–H groups in total. The molecule has 1 aliphatic rings. The Labute approximate surface area is 95.9 Å². The highest BCUT2D eigenvalue weighted by molar-refractivity contribution is 5.41. The topological polar surface area (TPSA) is 23.8 Å². The molecule has 1 aromatic carbocycles. The lowest BCUT2D eigenvalue weighted by molar-refractivity contribution is 0.521. The van der Waals surface area contributed by atoms with Gasteiger partial charge in [-0.15, -0.1) is 0 Å². The average Bonchev–Trinajstić information content (AvgIpc) is 2.96. The smallest absolute Gasteiger partial charge is 0.127 e. The van der Waals surface area contributed by atoms with Crippen LogP contribution < -0.4 is 0 Å². The number of hydrogen-bond acceptors (Lipinski definition) is 1. The van der Waals surface area contributed by atoms with Crippen molar-refractivity contribution in [2.24, 2.45) is 0 Å². The molecular weight excluding hydrogens is 201 g/mol. The van der Waals surface area contributed by atoms with E-state index in [1.54, 1.807) is 0 Å². The summed E-state index contributed by atoms with van der Waals surface area (Å²) in [5, 5.41) is 9.06. The van der Waals surface area contributed by atoms with Crippen molar-refractivity contribution in [3.05, 3.63) is 35.1 Å². The van der Waals surface area contributed by atoms with Crippen molar-refractivity contribution in [2.45, 2.75) is 44.4 Å². The van der Waals surface area contributed by atoms with Crippen LogP contribution >= 0.6 is 0 Å². The van der Waals surface area contributed by atoms with E-state index in [0.717, 1.165) is 18.4 Å². The number of halogens is 1. The minimum atomic E-state index is -0.392. The standard InChI is InChI=1S/C14H16FN/c1-13(2,3)11-5-4-10(8-12(11)15)14(9-16)6-7-14/h4-5,8H,6-7H2,1-3H3. The molecule has 16 heavy (non-hydrogen) atoms. The molecule has 2 heteroatoms. The van der Waals surface area contributed by atoms with Crippen LogP contribution in [0.1, 0.15) is 44.7 Å². The van der Waals surface area contributed by atoms with E-state index in [2.05, 4.69) is 6.07 Å². The molecule has 1 aliphatic carbocycles. The first-order chi connectivity index (χ1) is 7.39. The van der Waals surface area contributed by atoms with Gasteiger partial charge in [0.25, 0.3) is 0 Å². The highest BCUT2D eigenvalue weighted by Crippen LogP contribution is 2.48. The molecule has 2 rings (SSSR count). The zero-order valence-corrected chi connectivity index (χ0v) is 9.97. The molecule has 1 fully saturated rings. The maximum atomic E-state index is 13.9. The Balaban J connectivity index is 2.42. The zero-order chi connectivity index (χ0) is 12.0. The first-order valence-corrected chi connectivity index (χ1v) is 5.61. The van der Waals surface area contributed by atoms with Gasteiger partial charge in [0, 0.05) is 0 Å². The predicted molar refractivity (Wildman–Crippen MR) is 61.6 cm³/mol. The molecule has 1 saturated carbocycles. The monoisotopic (exact) mass is 217 g/mol. The SMILES string of the molecule is CC(C)(C)c1ccc(C2(C#N)CC2)cc1F. The van der Waals surface area contributed by atoms with Gasteiger partial charge in [0.05, 0.1) is 11.5 Å². The van der Waals surface area contributed by atoms with Gasteiger partial charge in [0.15, 0.2) is 0 Å². The molecule has 0 aliphatic heterocycles. The summed E-state index contributed by atoms with van der Waals surface area (Å²) in [5.74, 6) is -0.188. The highest BCUT2D eigenvalue weighted by Gasteiger charge is 2.45. The van der Waals surface area contributed by atoms with Crippen molar-refractivity contribution >= 4 is 0 Å². The van der Waals surface area contributed by atoms with Gasteiger partial charge in [-0.05, 0) is 35.4 Å². The number of benzene rings is 1. The molecule has 84 valence electrons. The van der Waals surface area contributed by atoms with Crippen LogP contribution in [0.3, 0.4) is 0 Å². The van der Waals surface area contributed by atoms with E-state index in [9.17, 15) is 4.39 Å². The van der Waals surface area contributed by atoms with Gasteiger partial charge in [-0.2, -0.15) is 5.26 Å². The minimum absolute atomic E-state index is 0.188. The van der Waals surface area contributed by atoms with E-state index in [1.165, 1.54) is 6.07 Å². The Morgan fingerprint density at radius 2 is 1.94 bits per heavy atom. The Morgan fingerprint density at radius 3 is 2.31 bits per heavy atom. The lowest BCUT2D eigenvalue weighted by Gasteiger charge is -2.20. The first kappa shape index (κ1) is 11.1. The predicted octanol–water partition coefficient (Wildman–Crippen LogP) is 3.68. The lowest BCUT2D eigenvalue weighted by Crippen LogP contribution is -2.14. The van der Waals surface area contributed by atoms with Crippen molar-refractivity contribution in [2.75, 3.05) is 0 Å². The summed E-state index contributed by atoms with van der Waals surface area (Å²) < 4.78 is 13.9. The Kier molecular flexibility index (Phi) is 2.31. The number of hydrogen-bond donors (Lipinski definition) is 0. The largest absolute Gasteiger partial charge is 0.207 e. The molecule has 0 spiro atoms. The van der Waals surface area contributed by atoms with E-state index < -0.39 is 5.41 Å². The number of rotatable bonds is 1. The van der Waals surface area contributed by atoms with E-state index in [0.29, 0.717) is 5.56 Å². The van der Waals surface area contributed by atoms with Crippen LogP contribution in [0.25, 0.3) is 0 Å². The zero-order valence-electron chi connectivity index (χ0n) is 9.97. The Morgan fingerprint density at radius 1 is 1.31 bits per heavy atom.